The SMILES string of the molecule is CCC(=O)C1(c2ccccc2O)CNCCC1(C(=O)N(C)CC)c1ccccc1. The number of likely N-dealkylation sites (N-methyl/N-ethyl adjacent to an activating group) is 1. The summed E-state index contributed by atoms with van der Waals surface area (Å²) in [5.74, 6) is -0.0871. The smallest absolute Gasteiger partial charge is 0.234 e. The van der Waals surface area contributed by atoms with Crippen LogP contribution in [0.4, 0.5) is 0 Å². The molecule has 0 bridgehead atoms. The molecule has 0 saturated carbocycles. The van der Waals surface area contributed by atoms with Gasteiger partial charge in [-0.1, -0.05) is 55.5 Å². The first-order valence-corrected chi connectivity index (χ1v) is 10.3. The highest BCUT2D eigenvalue weighted by molar-refractivity contribution is 6.03. The lowest BCUT2D eigenvalue weighted by Crippen LogP contribution is -2.68. The van der Waals surface area contributed by atoms with Gasteiger partial charge in [-0.15, -0.1) is 0 Å². The summed E-state index contributed by atoms with van der Waals surface area (Å²) in [6, 6.07) is 16.5. The second-order valence-electron chi connectivity index (χ2n) is 7.72. The summed E-state index contributed by atoms with van der Waals surface area (Å²) in [7, 11) is 1.78. The Morgan fingerprint density at radius 2 is 1.69 bits per heavy atom. The third kappa shape index (κ3) is 3.14. The first-order valence-electron chi connectivity index (χ1n) is 10.3. The molecule has 1 fully saturated rings. The highest BCUT2D eigenvalue weighted by Crippen LogP contribution is 2.52. The first kappa shape index (κ1) is 21.1. The molecular formula is C24H30N2O3. The van der Waals surface area contributed by atoms with Crippen LogP contribution >= 0.6 is 0 Å². The maximum Gasteiger partial charge on any atom is 0.234 e. The monoisotopic (exact) mass is 394 g/mol. The van der Waals surface area contributed by atoms with Gasteiger partial charge in [0, 0.05) is 32.1 Å². The first-order chi connectivity index (χ1) is 14.0. The molecule has 2 aromatic rings. The van der Waals surface area contributed by atoms with E-state index in [1.165, 1.54) is 0 Å². The van der Waals surface area contributed by atoms with Gasteiger partial charge in [0.1, 0.15) is 11.5 Å². The maximum absolute atomic E-state index is 14.0. The number of phenols is 1. The highest BCUT2D eigenvalue weighted by atomic mass is 16.3. The quantitative estimate of drug-likeness (QED) is 0.790. The van der Waals surface area contributed by atoms with Gasteiger partial charge in [0.2, 0.25) is 5.91 Å². The largest absolute Gasteiger partial charge is 0.508 e. The van der Waals surface area contributed by atoms with E-state index in [0.29, 0.717) is 31.6 Å². The van der Waals surface area contributed by atoms with Gasteiger partial charge in [-0.2, -0.15) is 0 Å². The number of nitrogens with zero attached hydrogens (tertiary/aromatic N) is 1. The normalized spacial score (nSPS) is 24.1. The summed E-state index contributed by atoms with van der Waals surface area (Å²) in [4.78, 5) is 29.5. The van der Waals surface area contributed by atoms with Crippen molar-refractivity contribution in [2.75, 3.05) is 26.7 Å². The van der Waals surface area contributed by atoms with E-state index in [1.54, 1.807) is 30.1 Å². The Kier molecular flexibility index (Phi) is 6.08. The van der Waals surface area contributed by atoms with Crippen molar-refractivity contribution >= 4 is 11.7 Å². The predicted octanol–water partition coefficient (Wildman–Crippen LogP) is 3.02. The molecule has 0 aromatic heterocycles. The molecule has 1 aliphatic rings. The fourth-order valence-electron chi connectivity index (χ4n) is 4.86. The number of nitrogens with one attached hydrogen (secondary N) is 1. The van der Waals surface area contributed by atoms with Crippen LogP contribution in [0.3, 0.4) is 0 Å². The molecular weight excluding hydrogens is 364 g/mol. The van der Waals surface area contributed by atoms with Gasteiger partial charge in [-0.25, -0.2) is 0 Å². The third-order valence-electron chi connectivity index (χ3n) is 6.41. The molecule has 0 aliphatic carbocycles. The van der Waals surface area contributed by atoms with E-state index < -0.39 is 10.8 Å². The Morgan fingerprint density at radius 1 is 1.03 bits per heavy atom. The Bertz CT molecular complexity index is 883. The van der Waals surface area contributed by atoms with Crippen molar-refractivity contribution in [1.29, 1.82) is 0 Å². The van der Waals surface area contributed by atoms with Crippen molar-refractivity contribution in [3.63, 3.8) is 0 Å². The number of benzene rings is 2. The number of hydrogen-bond acceptors (Lipinski definition) is 4. The maximum atomic E-state index is 14.0. The Balaban J connectivity index is 2.44. The molecule has 29 heavy (non-hydrogen) atoms. The lowest BCUT2D eigenvalue weighted by Gasteiger charge is -2.53. The van der Waals surface area contributed by atoms with Crippen LogP contribution in [-0.4, -0.2) is 48.4 Å². The molecule has 5 heteroatoms. The van der Waals surface area contributed by atoms with Crippen molar-refractivity contribution in [3.8, 4) is 5.75 Å². The van der Waals surface area contributed by atoms with Gasteiger partial charge in [0.05, 0.1) is 10.8 Å². The van der Waals surface area contributed by atoms with Crippen LogP contribution in [0, 0.1) is 0 Å². The summed E-state index contributed by atoms with van der Waals surface area (Å²) < 4.78 is 0. The van der Waals surface area contributed by atoms with Crippen molar-refractivity contribution in [2.45, 2.75) is 37.5 Å². The summed E-state index contributed by atoms with van der Waals surface area (Å²) in [5.41, 5.74) is -0.971. The highest BCUT2D eigenvalue weighted by Gasteiger charge is 2.63. The number of amides is 1. The van der Waals surface area contributed by atoms with Crippen LogP contribution < -0.4 is 5.32 Å². The van der Waals surface area contributed by atoms with E-state index in [0.717, 1.165) is 5.56 Å². The van der Waals surface area contributed by atoms with Crippen molar-refractivity contribution < 1.29 is 14.7 Å². The van der Waals surface area contributed by atoms with Crippen LogP contribution in [0.25, 0.3) is 0 Å². The van der Waals surface area contributed by atoms with Crippen molar-refractivity contribution in [3.05, 3.63) is 65.7 Å². The van der Waals surface area contributed by atoms with Crippen LogP contribution in [-0.2, 0) is 20.4 Å². The molecule has 0 spiro atoms. The molecule has 154 valence electrons. The average molecular weight is 395 g/mol. The summed E-state index contributed by atoms with van der Waals surface area (Å²) in [5, 5.41) is 14.2. The molecule has 3 rings (SSSR count). The Morgan fingerprint density at radius 3 is 2.31 bits per heavy atom. The Hall–Kier alpha value is -2.66. The number of phenolic OH excluding ortho intramolecular Hbond substituents is 1. The van der Waals surface area contributed by atoms with Gasteiger partial charge in [-0.3, -0.25) is 9.59 Å². The van der Waals surface area contributed by atoms with E-state index in [9.17, 15) is 14.7 Å². The molecule has 0 radical (unpaired) electrons. The molecule has 1 heterocycles. The molecule has 1 amide bonds. The molecule has 2 atom stereocenters. The summed E-state index contributed by atoms with van der Waals surface area (Å²) in [6.07, 6.45) is 0.744. The molecule has 5 nitrogen and oxygen atoms in total. The van der Waals surface area contributed by atoms with Gasteiger partial charge in [0.15, 0.2) is 0 Å². The van der Waals surface area contributed by atoms with Crippen LogP contribution in [0.1, 0.15) is 37.8 Å². The molecule has 1 aliphatic heterocycles. The lowest BCUT2D eigenvalue weighted by atomic mass is 9.51. The molecule has 2 N–H and O–H groups in total. The topological polar surface area (TPSA) is 69.6 Å². The van der Waals surface area contributed by atoms with Gasteiger partial charge < -0.3 is 15.3 Å². The number of para-hydroxylation sites is 1. The number of ketones is 1. The van der Waals surface area contributed by atoms with E-state index in [4.69, 9.17) is 0 Å². The fraction of sp³-hybridized carbons (Fsp3) is 0.417. The minimum atomic E-state index is -1.20. The van der Waals surface area contributed by atoms with E-state index >= 15 is 0 Å². The van der Waals surface area contributed by atoms with Crippen LogP contribution in [0.5, 0.6) is 5.75 Å². The van der Waals surface area contributed by atoms with E-state index in [-0.39, 0.29) is 23.9 Å². The second-order valence-corrected chi connectivity index (χ2v) is 7.72. The molecule has 2 aromatic carbocycles. The number of carbonyl (C=O) groups is 2. The summed E-state index contributed by atoms with van der Waals surface area (Å²) >= 11 is 0. The lowest BCUT2D eigenvalue weighted by molar-refractivity contribution is -0.146. The predicted molar refractivity (Wildman–Crippen MR) is 114 cm³/mol. The zero-order valence-electron chi connectivity index (χ0n) is 17.4. The molecule has 1 saturated heterocycles. The number of Topliss-reactive ketones (excluding diaryl/α,β-unsaturated/α-hetero) is 1. The van der Waals surface area contributed by atoms with Gasteiger partial charge >= 0.3 is 0 Å². The zero-order valence-corrected chi connectivity index (χ0v) is 17.4. The minimum absolute atomic E-state index is 0.0465. The number of hydrogen-bond donors (Lipinski definition) is 2. The van der Waals surface area contributed by atoms with Crippen molar-refractivity contribution in [2.24, 2.45) is 0 Å². The van der Waals surface area contributed by atoms with Crippen LogP contribution in [0.15, 0.2) is 54.6 Å². The van der Waals surface area contributed by atoms with E-state index in [2.05, 4.69) is 5.32 Å². The number of carbonyl (C=O) groups excluding carboxylic acids is 2. The van der Waals surface area contributed by atoms with Gasteiger partial charge in [0.25, 0.3) is 0 Å². The van der Waals surface area contributed by atoms with Crippen molar-refractivity contribution in [1.82, 2.24) is 10.2 Å². The zero-order chi connectivity index (χ0) is 21.1. The van der Waals surface area contributed by atoms with E-state index in [1.807, 2.05) is 50.2 Å². The number of piperidine rings is 1. The third-order valence-corrected chi connectivity index (χ3v) is 6.41. The fourth-order valence-corrected chi connectivity index (χ4v) is 4.86. The Labute approximate surface area is 172 Å². The van der Waals surface area contributed by atoms with Crippen LogP contribution in [0.2, 0.25) is 0 Å². The average Bonchev–Trinajstić information content (AvgIpc) is 2.78. The summed E-state index contributed by atoms with van der Waals surface area (Å²) in [6.45, 7) is 5.21. The standard InChI is InChI=1S/C24H30N2O3/c1-4-21(28)24(19-13-9-10-14-20(19)27)17-25-16-15-23(24,22(29)26(3)5-2)18-11-7-6-8-12-18/h6-14,25,27H,4-5,15-17H2,1-3H3. The number of aromatic hydroxyl groups is 1. The minimum Gasteiger partial charge on any atom is -0.508 e. The molecule has 2 unspecified atom stereocenters. The second kappa shape index (κ2) is 8.37. The number of rotatable bonds is 6. The van der Waals surface area contributed by atoms with Gasteiger partial charge in [-0.05, 0) is 31.5 Å².